The molecule has 0 amide bonds. The van der Waals surface area contributed by atoms with Crippen LogP contribution in [0.4, 0.5) is 13.2 Å². The second kappa shape index (κ2) is 4.93. The van der Waals surface area contributed by atoms with Gasteiger partial charge in [-0.2, -0.15) is 13.2 Å². The van der Waals surface area contributed by atoms with Crippen molar-refractivity contribution in [3.8, 4) is 5.75 Å². The first-order valence-corrected chi connectivity index (χ1v) is 4.93. The van der Waals surface area contributed by atoms with Crippen molar-refractivity contribution in [1.29, 1.82) is 0 Å². The molecule has 0 radical (unpaired) electrons. The molecular formula is C10H10ClF3O2. The largest absolute Gasteiger partial charge is 0.506 e. The maximum atomic E-state index is 12.6. The highest BCUT2D eigenvalue weighted by molar-refractivity contribution is 6.32. The van der Waals surface area contributed by atoms with Crippen molar-refractivity contribution in [1.82, 2.24) is 0 Å². The number of phenolic OH excluding ortho intramolecular Hbond substituents is 1. The topological polar surface area (TPSA) is 40.5 Å². The van der Waals surface area contributed by atoms with E-state index in [1.807, 2.05) is 0 Å². The first-order valence-electron chi connectivity index (χ1n) is 4.55. The molecule has 0 spiro atoms. The van der Waals surface area contributed by atoms with Crippen molar-refractivity contribution in [2.75, 3.05) is 6.61 Å². The van der Waals surface area contributed by atoms with E-state index in [9.17, 15) is 13.2 Å². The summed E-state index contributed by atoms with van der Waals surface area (Å²) in [5.74, 6) is -0.596. The van der Waals surface area contributed by atoms with Gasteiger partial charge >= 0.3 is 6.18 Å². The number of rotatable bonds is 3. The lowest BCUT2D eigenvalue weighted by Crippen LogP contribution is -2.09. The van der Waals surface area contributed by atoms with Crippen molar-refractivity contribution in [2.45, 2.75) is 19.0 Å². The van der Waals surface area contributed by atoms with E-state index in [4.69, 9.17) is 21.8 Å². The molecule has 16 heavy (non-hydrogen) atoms. The van der Waals surface area contributed by atoms with Crippen LogP contribution in [-0.2, 0) is 12.6 Å². The Balaban J connectivity index is 3.17. The molecule has 90 valence electrons. The Morgan fingerprint density at radius 3 is 2.38 bits per heavy atom. The molecular weight excluding hydrogens is 245 g/mol. The number of aromatic hydroxyl groups is 1. The Morgan fingerprint density at radius 2 is 1.88 bits per heavy atom. The molecule has 0 bridgehead atoms. The van der Waals surface area contributed by atoms with Gasteiger partial charge in [-0.3, -0.25) is 0 Å². The van der Waals surface area contributed by atoms with E-state index >= 15 is 0 Å². The molecule has 0 fully saturated rings. The van der Waals surface area contributed by atoms with Gasteiger partial charge in [0.2, 0.25) is 0 Å². The monoisotopic (exact) mass is 254 g/mol. The van der Waals surface area contributed by atoms with Crippen molar-refractivity contribution in [2.24, 2.45) is 0 Å². The summed E-state index contributed by atoms with van der Waals surface area (Å²) >= 11 is 5.53. The maximum absolute atomic E-state index is 12.6. The maximum Gasteiger partial charge on any atom is 0.416 e. The number of aryl methyl sites for hydroxylation is 1. The molecule has 0 aliphatic heterocycles. The summed E-state index contributed by atoms with van der Waals surface area (Å²) in [5, 5.41) is 17.6. The summed E-state index contributed by atoms with van der Waals surface area (Å²) in [4.78, 5) is 0. The van der Waals surface area contributed by atoms with Gasteiger partial charge in [0.15, 0.2) is 0 Å². The smallest absolute Gasteiger partial charge is 0.416 e. The van der Waals surface area contributed by atoms with E-state index in [1.165, 1.54) is 0 Å². The second-order valence-corrected chi connectivity index (χ2v) is 3.69. The number of phenols is 1. The zero-order valence-corrected chi connectivity index (χ0v) is 8.94. The molecule has 0 saturated heterocycles. The van der Waals surface area contributed by atoms with Crippen molar-refractivity contribution >= 4 is 11.6 Å². The van der Waals surface area contributed by atoms with Crippen LogP contribution in [0.25, 0.3) is 0 Å². The van der Waals surface area contributed by atoms with Gasteiger partial charge in [-0.05, 0) is 30.5 Å². The molecule has 0 unspecified atom stereocenters. The lowest BCUT2D eigenvalue weighted by molar-refractivity contribution is -0.138. The Hall–Kier alpha value is -0.940. The van der Waals surface area contributed by atoms with Crippen molar-refractivity contribution < 1.29 is 23.4 Å². The molecule has 1 rings (SSSR count). The number of hydrogen-bond donors (Lipinski definition) is 2. The van der Waals surface area contributed by atoms with Gasteiger partial charge in [-0.1, -0.05) is 11.6 Å². The number of halogens is 4. The molecule has 2 N–H and O–H groups in total. The van der Waals surface area contributed by atoms with Gasteiger partial charge < -0.3 is 10.2 Å². The summed E-state index contributed by atoms with van der Waals surface area (Å²) in [7, 11) is 0. The summed E-state index contributed by atoms with van der Waals surface area (Å²) in [6, 6.07) is 1.68. The van der Waals surface area contributed by atoms with Crippen LogP contribution >= 0.6 is 11.6 Å². The highest BCUT2D eigenvalue weighted by Crippen LogP contribution is 2.37. The molecule has 2 nitrogen and oxygen atoms in total. The molecule has 0 atom stereocenters. The number of hydrogen-bond acceptors (Lipinski definition) is 2. The predicted molar refractivity (Wildman–Crippen MR) is 53.5 cm³/mol. The van der Waals surface area contributed by atoms with Crippen LogP contribution in [0, 0.1) is 0 Å². The molecule has 0 heterocycles. The van der Waals surface area contributed by atoms with Crippen LogP contribution in [0.5, 0.6) is 5.75 Å². The number of aliphatic hydroxyl groups excluding tert-OH is 1. The zero-order chi connectivity index (χ0) is 12.3. The summed E-state index contributed by atoms with van der Waals surface area (Å²) < 4.78 is 37.7. The van der Waals surface area contributed by atoms with Crippen LogP contribution in [-0.4, -0.2) is 16.8 Å². The van der Waals surface area contributed by atoms with E-state index in [2.05, 4.69) is 0 Å². The van der Waals surface area contributed by atoms with Crippen LogP contribution in [0.3, 0.4) is 0 Å². The van der Waals surface area contributed by atoms with Gasteiger partial charge in [0.1, 0.15) is 5.75 Å². The molecule has 0 aromatic heterocycles. The van der Waals surface area contributed by atoms with E-state index in [0.717, 1.165) is 6.07 Å². The highest BCUT2D eigenvalue weighted by Gasteiger charge is 2.34. The number of alkyl halides is 3. The third-order valence-corrected chi connectivity index (χ3v) is 2.39. The van der Waals surface area contributed by atoms with Crippen LogP contribution in [0.1, 0.15) is 17.5 Å². The minimum Gasteiger partial charge on any atom is -0.506 e. The fourth-order valence-corrected chi connectivity index (χ4v) is 1.53. The standard InChI is InChI=1S/C10H10ClF3O2/c11-8-4-6(2-1-3-15)7(5-9(8)16)10(12,13)14/h4-5,15-16H,1-3H2. The summed E-state index contributed by atoms with van der Waals surface area (Å²) in [6.45, 7) is -0.199. The Morgan fingerprint density at radius 1 is 1.25 bits per heavy atom. The number of benzene rings is 1. The quantitative estimate of drug-likeness (QED) is 0.871. The zero-order valence-electron chi connectivity index (χ0n) is 8.18. The summed E-state index contributed by atoms with van der Waals surface area (Å²) in [5.41, 5.74) is -0.938. The van der Waals surface area contributed by atoms with E-state index in [0.29, 0.717) is 6.07 Å². The first kappa shape index (κ1) is 13.1. The Labute approximate surface area is 95.3 Å². The summed E-state index contributed by atoms with van der Waals surface area (Å²) in [6.07, 6.45) is -4.26. The van der Waals surface area contributed by atoms with E-state index in [1.54, 1.807) is 0 Å². The van der Waals surface area contributed by atoms with Crippen molar-refractivity contribution in [3.05, 3.63) is 28.3 Å². The fraction of sp³-hybridized carbons (Fsp3) is 0.400. The molecule has 0 aliphatic rings. The van der Waals surface area contributed by atoms with Gasteiger partial charge in [-0.25, -0.2) is 0 Å². The average Bonchev–Trinajstić information content (AvgIpc) is 2.17. The normalized spacial score (nSPS) is 11.8. The fourth-order valence-electron chi connectivity index (χ4n) is 1.34. The molecule has 6 heteroatoms. The van der Waals surface area contributed by atoms with Crippen LogP contribution in [0.15, 0.2) is 12.1 Å². The minimum absolute atomic E-state index is 0.0237. The Kier molecular flexibility index (Phi) is 4.04. The van der Waals surface area contributed by atoms with Gasteiger partial charge in [0, 0.05) is 6.61 Å². The Bertz CT molecular complexity index is 377. The number of aliphatic hydroxyl groups is 1. The highest BCUT2D eigenvalue weighted by atomic mass is 35.5. The van der Waals surface area contributed by atoms with E-state index in [-0.39, 0.29) is 30.0 Å². The van der Waals surface area contributed by atoms with Gasteiger partial charge in [0.05, 0.1) is 10.6 Å². The molecule has 1 aromatic rings. The minimum atomic E-state index is -4.53. The lowest BCUT2D eigenvalue weighted by atomic mass is 10.0. The third kappa shape index (κ3) is 3.02. The lowest BCUT2D eigenvalue weighted by Gasteiger charge is -2.13. The van der Waals surface area contributed by atoms with Crippen LogP contribution in [0.2, 0.25) is 5.02 Å². The third-order valence-electron chi connectivity index (χ3n) is 2.08. The molecule has 0 aliphatic carbocycles. The predicted octanol–water partition coefficient (Wildman–Crippen LogP) is 2.99. The van der Waals surface area contributed by atoms with Crippen LogP contribution < -0.4 is 0 Å². The average molecular weight is 255 g/mol. The second-order valence-electron chi connectivity index (χ2n) is 3.29. The molecule has 0 saturated carbocycles. The SMILES string of the molecule is OCCCc1cc(Cl)c(O)cc1C(F)(F)F. The van der Waals surface area contributed by atoms with Gasteiger partial charge in [-0.15, -0.1) is 0 Å². The van der Waals surface area contributed by atoms with Gasteiger partial charge in [0.25, 0.3) is 0 Å². The van der Waals surface area contributed by atoms with Crippen molar-refractivity contribution in [3.63, 3.8) is 0 Å². The first-order chi connectivity index (χ1) is 7.36. The molecule has 1 aromatic carbocycles. The van der Waals surface area contributed by atoms with E-state index < -0.39 is 17.5 Å².